The Morgan fingerprint density at radius 3 is 2.87 bits per heavy atom. The number of fused-ring (bicyclic) bond motifs is 1. The highest BCUT2D eigenvalue weighted by molar-refractivity contribution is 5.94. The van der Waals surface area contributed by atoms with Crippen LogP contribution < -0.4 is 5.32 Å². The van der Waals surface area contributed by atoms with Crippen molar-refractivity contribution in [1.82, 2.24) is 9.88 Å². The Kier molecular flexibility index (Phi) is 5.01. The van der Waals surface area contributed by atoms with E-state index in [2.05, 4.69) is 47.5 Å². The van der Waals surface area contributed by atoms with Crippen molar-refractivity contribution in [3.8, 4) is 0 Å². The monoisotopic (exact) mass is 313 g/mol. The van der Waals surface area contributed by atoms with Crippen LogP contribution in [0.5, 0.6) is 0 Å². The van der Waals surface area contributed by atoms with E-state index in [0.29, 0.717) is 12.3 Å². The maximum absolute atomic E-state index is 11.9. The van der Waals surface area contributed by atoms with E-state index >= 15 is 0 Å². The van der Waals surface area contributed by atoms with E-state index in [1.165, 1.54) is 23.8 Å². The summed E-state index contributed by atoms with van der Waals surface area (Å²) in [6.07, 6.45) is 7.16. The number of nitrogens with zero attached hydrogens (tertiary/aromatic N) is 1. The van der Waals surface area contributed by atoms with Crippen LogP contribution in [0.1, 0.15) is 50.5 Å². The van der Waals surface area contributed by atoms with Crippen molar-refractivity contribution < 1.29 is 4.79 Å². The molecule has 1 aromatic carbocycles. The van der Waals surface area contributed by atoms with E-state index in [-0.39, 0.29) is 5.91 Å². The molecule has 0 bridgehead atoms. The van der Waals surface area contributed by atoms with Gasteiger partial charge in [-0.2, -0.15) is 0 Å². The molecule has 0 aliphatic carbocycles. The average Bonchev–Trinajstić information content (AvgIpc) is 2.97. The van der Waals surface area contributed by atoms with Crippen LogP contribution in [0.15, 0.2) is 24.4 Å². The maximum Gasteiger partial charge on any atom is 0.224 e. The molecule has 1 fully saturated rings. The number of aromatic nitrogens is 1. The van der Waals surface area contributed by atoms with Gasteiger partial charge in [0.25, 0.3) is 0 Å². The van der Waals surface area contributed by atoms with Crippen molar-refractivity contribution >= 4 is 22.5 Å². The second kappa shape index (κ2) is 7.18. The molecule has 0 atom stereocenters. The summed E-state index contributed by atoms with van der Waals surface area (Å²) in [5.41, 5.74) is 3.47. The van der Waals surface area contributed by atoms with Crippen LogP contribution in [0.2, 0.25) is 0 Å². The van der Waals surface area contributed by atoms with Gasteiger partial charge in [-0.3, -0.25) is 4.79 Å². The van der Waals surface area contributed by atoms with Crippen molar-refractivity contribution in [1.29, 1.82) is 0 Å². The summed E-state index contributed by atoms with van der Waals surface area (Å²) < 4.78 is 0. The zero-order valence-corrected chi connectivity index (χ0v) is 14.2. The molecule has 1 amide bonds. The molecule has 0 unspecified atom stereocenters. The molecule has 1 aromatic heterocycles. The minimum Gasteiger partial charge on any atom is -0.361 e. The van der Waals surface area contributed by atoms with Gasteiger partial charge in [0.05, 0.1) is 0 Å². The van der Waals surface area contributed by atoms with E-state index in [4.69, 9.17) is 0 Å². The molecule has 4 nitrogen and oxygen atoms in total. The van der Waals surface area contributed by atoms with Crippen LogP contribution in [-0.4, -0.2) is 35.9 Å². The first-order chi connectivity index (χ1) is 11.2. The molecule has 23 heavy (non-hydrogen) atoms. The SMILES string of the molecule is CCCCC(=O)Nc1ccc2[nH]cc(C3CCN(C)CC3)c2c1. The Morgan fingerprint density at radius 2 is 2.13 bits per heavy atom. The minimum atomic E-state index is 0.113. The van der Waals surface area contributed by atoms with Crippen LogP contribution in [0, 0.1) is 0 Å². The van der Waals surface area contributed by atoms with Gasteiger partial charge in [0.15, 0.2) is 0 Å². The first-order valence-corrected chi connectivity index (χ1v) is 8.77. The standard InChI is InChI=1S/C19H27N3O/c1-3-4-5-19(23)21-15-6-7-18-16(12-15)17(13-20-18)14-8-10-22(2)11-9-14/h6-7,12-14,20H,3-5,8-11H2,1-2H3,(H,21,23). The van der Waals surface area contributed by atoms with E-state index in [9.17, 15) is 4.79 Å². The normalized spacial score (nSPS) is 16.8. The lowest BCUT2D eigenvalue weighted by Gasteiger charge is -2.28. The number of piperidine rings is 1. The fourth-order valence-corrected chi connectivity index (χ4v) is 3.44. The second-order valence-electron chi connectivity index (χ2n) is 6.73. The molecule has 0 spiro atoms. The molecule has 2 aromatic rings. The van der Waals surface area contributed by atoms with Gasteiger partial charge >= 0.3 is 0 Å². The third-order valence-corrected chi connectivity index (χ3v) is 4.91. The van der Waals surface area contributed by atoms with Crippen molar-refractivity contribution in [2.45, 2.75) is 44.9 Å². The number of hydrogen-bond donors (Lipinski definition) is 2. The lowest BCUT2D eigenvalue weighted by molar-refractivity contribution is -0.116. The molecule has 1 aliphatic rings. The molecule has 0 saturated carbocycles. The first-order valence-electron chi connectivity index (χ1n) is 8.77. The lowest BCUT2D eigenvalue weighted by atomic mass is 9.89. The number of rotatable bonds is 5. The minimum absolute atomic E-state index is 0.113. The summed E-state index contributed by atoms with van der Waals surface area (Å²) in [5, 5.41) is 4.29. The largest absolute Gasteiger partial charge is 0.361 e. The Labute approximate surface area is 138 Å². The number of anilines is 1. The molecule has 4 heteroatoms. The highest BCUT2D eigenvalue weighted by Gasteiger charge is 2.21. The zero-order chi connectivity index (χ0) is 16.2. The molecule has 1 saturated heterocycles. The summed E-state index contributed by atoms with van der Waals surface area (Å²) >= 11 is 0. The van der Waals surface area contributed by atoms with Crippen molar-refractivity contribution in [2.75, 3.05) is 25.5 Å². The summed E-state index contributed by atoms with van der Waals surface area (Å²) in [5.74, 6) is 0.730. The number of carbonyl (C=O) groups excluding carboxylic acids is 1. The van der Waals surface area contributed by atoms with Crippen molar-refractivity contribution in [2.24, 2.45) is 0 Å². The smallest absolute Gasteiger partial charge is 0.224 e. The number of nitrogens with one attached hydrogen (secondary N) is 2. The van der Waals surface area contributed by atoms with Crippen LogP contribution in [0.3, 0.4) is 0 Å². The second-order valence-corrected chi connectivity index (χ2v) is 6.73. The quantitative estimate of drug-likeness (QED) is 0.873. The predicted molar refractivity (Wildman–Crippen MR) is 95.9 cm³/mol. The molecule has 124 valence electrons. The highest BCUT2D eigenvalue weighted by Crippen LogP contribution is 2.34. The van der Waals surface area contributed by atoms with Gasteiger partial charge < -0.3 is 15.2 Å². The van der Waals surface area contributed by atoms with E-state index in [1.54, 1.807) is 0 Å². The first kappa shape index (κ1) is 16.1. The molecular weight excluding hydrogens is 286 g/mol. The number of H-pyrrole nitrogens is 1. The number of hydrogen-bond acceptors (Lipinski definition) is 2. The van der Waals surface area contributed by atoms with Gasteiger partial charge in [-0.1, -0.05) is 13.3 Å². The van der Waals surface area contributed by atoms with Gasteiger partial charge in [-0.25, -0.2) is 0 Å². The van der Waals surface area contributed by atoms with Crippen LogP contribution in [-0.2, 0) is 4.79 Å². The molecule has 1 aliphatic heterocycles. The Balaban J connectivity index is 1.78. The average molecular weight is 313 g/mol. The fourth-order valence-electron chi connectivity index (χ4n) is 3.44. The van der Waals surface area contributed by atoms with Gasteiger partial charge in [0.2, 0.25) is 5.91 Å². The Bertz CT molecular complexity index is 668. The van der Waals surface area contributed by atoms with Crippen LogP contribution in [0.4, 0.5) is 5.69 Å². The summed E-state index contributed by atoms with van der Waals surface area (Å²) in [4.78, 5) is 17.7. The zero-order valence-electron chi connectivity index (χ0n) is 14.2. The van der Waals surface area contributed by atoms with Crippen LogP contribution >= 0.6 is 0 Å². The molecule has 0 radical (unpaired) electrons. The van der Waals surface area contributed by atoms with Crippen molar-refractivity contribution in [3.63, 3.8) is 0 Å². The van der Waals surface area contributed by atoms with Crippen LogP contribution in [0.25, 0.3) is 10.9 Å². The van der Waals surface area contributed by atoms with E-state index < -0.39 is 0 Å². The Morgan fingerprint density at radius 1 is 1.35 bits per heavy atom. The predicted octanol–water partition coefficient (Wildman–Crippen LogP) is 4.11. The molecule has 2 N–H and O–H groups in total. The van der Waals surface area contributed by atoms with E-state index in [0.717, 1.165) is 37.1 Å². The van der Waals surface area contributed by atoms with Crippen molar-refractivity contribution in [3.05, 3.63) is 30.0 Å². The maximum atomic E-state index is 11.9. The fraction of sp³-hybridized carbons (Fsp3) is 0.526. The number of aromatic amines is 1. The third-order valence-electron chi connectivity index (χ3n) is 4.91. The number of amides is 1. The van der Waals surface area contributed by atoms with Gasteiger partial charge in [0, 0.05) is 29.2 Å². The topological polar surface area (TPSA) is 48.1 Å². The number of likely N-dealkylation sites (tertiary alicyclic amines) is 1. The van der Waals surface area contributed by atoms with Gasteiger partial charge in [0.1, 0.15) is 0 Å². The van der Waals surface area contributed by atoms with E-state index in [1.807, 2.05) is 6.07 Å². The third kappa shape index (κ3) is 3.75. The summed E-state index contributed by atoms with van der Waals surface area (Å²) in [6.45, 7) is 4.42. The summed E-state index contributed by atoms with van der Waals surface area (Å²) in [6, 6.07) is 6.19. The molecular formula is C19H27N3O. The summed E-state index contributed by atoms with van der Waals surface area (Å²) in [7, 11) is 2.19. The number of unbranched alkanes of at least 4 members (excludes halogenated alkanes) is 1. The molecule has 3 rings (SSSR count). The lowest BCUT2D eigenvalue weighted by Crippen LogP contribution is -2.29. The number of carbonyl (C=O) groups is 1. The molecule has 2 heterocycles. The van der Waals surface area contributed by atoms with Gasteiger partial charge in [-0.15, -0.1) is 0 Å². The number of benzene rings is 1. The van der Waals surface area contributed by atoms with Gasteiger partial charge in [-0.05, 0) is 69.1 Å². The Hall–Kier alpha value is -1.81. The highest BCUT2D eigenvalue weighted by atomic mass is 16.1.